The second kappa shape index (κ2) is 9.23. The fourth-order valence-corrected chi connectivity index (χ4v) is 2.62. The van der Waals surface area contributed by atoms with Crippen LogP contribution in [0, 0.1) is 6.92 Å². The van der Waals surface area contributed by atoms with Crippen molar-refractivity contribution in [2.24, 2.45) is 0 Å². The van der Waals surface area contributed by atoms with Gasteiger partial charge in [-0.15, -0.1) is 0 Å². The molecule has 1 unspecified atom stereocenters. The summed E-state index contributed by atoms with van der Waals surface area (Å²) in [5, 5.41) is 6.38. The topological polar surface area (TPSA) is 50.4 Å². The number of carbonyl (C=O) groups is 1. The maximum absolute atomic E-state index is 12.9. The van der Waals surface area contributed by atoms with Crippen molar-refractivity contribution in [2.75, 3.05) is 25.1 Å². The second-order valence-corrected chi connectivity index (χ2v) is 6.35. The van der Waals surface area contributed by atoms with E-state index in [9.17, 15) is 4.79 Å². The Hall–Kier alpha value is -2.33. The van der Waals surface area contributed by atoms with Crippen LogP contribution in [0.15, 0.2) is 54.6 Å². The van der Waals surface area contributed by atoms with Gasteiger partial charge in [-0.3, -0.25) is 4.79 Å². The first-order valence-corrected chi connectivity index (χ1v) is 8.82. The van der Waals surface area contributed by atoms with Crippen LogP contribution in [0.5, 0.6) is 0 Å². The molecule has 0 fully saturated rings. The second-order valence-electron chi connectivity index (χ2n) is 6.35. The number of carbonyl (C=O) groups excluding carboxylic acids is 1. The number of hydrogen-bond donors (Lipinski definition) is 2. The van der Waals surface area contributed by atoms with E-state index in [1.54, 1.807) is 0 Å². The molecule has 0 bridgehead atoms. The summed E-state index contributed by atoms with van der Waals surface area (Å²) in [7, 11) is 0. The summed E-state index contributed by atoms with van der Waals surface area (Å²) in [6.07, 6.45) is 0.977. The van der Waals surface area contributed by atoms with Crippen LogP contribution >= 0.6 is 0 Å². The van der Waals surface area contributed by atoms with Gasteiger partial charge in [-0.2, -0.15) is 0 Å². The average molecular weight is 340 g/mol. The number of rotatable bonds is 9. The molecule has 0 spiro atoms. The van der Waals surface area contributed by atoms with Crippen molar-refractivity contribution in [1.82, 2.24) is 5.32 Å². The van der Waals surface area contributed by atoms with E-state index in [1.807, 2.05) is 68.4 Å². The first-order chi connectivity index (χ1) is 12.1. The van der Waals surface area contributed by atoms with Gasteiger partial charge in [0.15, 0.2) is 0 Å². The Morgan fingerprint density at radius 2 is 1.72 bits per heavy atom. The van der Waals surface area contributed by atoms with Crippen molar-refractivity contribution in [3.05, 3.63) is 65.7 Å². The minimum absolute atomic E-state index is 0.0700. The van der Waals surface area contributed by atoms with Crippen molar-refractivity contribution >= 4 is 11.6 Å². The summed E-state index contributed by atoms with van der Waals surface area (Å²) in [5.41, 5.74) is 2.16. The highest BCUT2D eigenvalue weighted by molar-refractivity contribution is 5.90. The molecule has 0 aliphatic heterocycles. The van der Waals surface area contributed by atoms with E-state index in [0.717, 1.165) is 17.7 Å². The van der Waals surface area contributed by atoms with Crippen molar-refractivity contribution in [2.45, 2.75) is 32.7 Å². The molecule has 134 valence electrons. The molecule has 2 rings (SSSR count). The SMILES string of the molecule is CCCOCCNC(=O)C(C)(Nc1ccc(C)cc1)c1ccccc1. The molecule has 1 amide bonds. The largest absolute Gasteiger partial charge is 0.380 e. The van der Waals surface area contributed by atoms with Crippen LogP contribution in [0.1, 0.15) is 31.4 Å². The third-order valence-corrected chi connectivity index (χ3v) is 4.13. The molecule has 4 nitrogen and oxygen atoms in total. The summed E-state index contributed by atoms with van der Waals surface area (Å²) in [5.74, 6) is -0.0700. The molecular weight excluding hydrogens is 312 g/mol. The zero-order valence-corrected chi connectivity index (χ0v) is 15.3. The highest BCUT2D eigenvalue weighted by atomic mass is 16.5. The number of amides is 1. The van der Waals surface area contributed by atoms with Crippen molar-refractivity contribution in [1.29, 1.82) is 0 Å². The van der Waals surface area contributed by atoms with Crippen LogP contribution in [-0.4, -0.2) is 25.7 Å². The van der Waals surface area contributed by atoms with Gasteiger partial charge < -0.3 is 15.4 Å². The fourth-order valence-electron chi connectivity index (χ4n) is 2.62. The molecule has 0 saturated heterocycles. The molecule has 0 aliphatic rings. The van der Waals surface area contributed by atoms with Crippen molar-refractivity contribution in [3.8, 4) is 0 Å². The van der Waals surface area contributed by atoms with Gasteiger partial charge in [0.05, 0.1) is 6.61 Å². The molecule has 0 heterocycles. The van der Waals surface area contributed by atoms with E-state index in [4.69, 9.17) is 4.74 Å². The Bertz CT molecular complexity index is 655. The first kappa shape index (κ1) is 19.0. The van der Waals surface area contributed by atoms with Gasteiger partial charge in [-0.05, 0) is 38.0 Å². The van der Waals surface area contributed by atoms with Crippen molar-refractivity contribution < 1.29 is 9.53 Å². The molecule has 1 atom stereocenters. The standard InChI is InChI=1S/C21H28N2O2/c1-4-15-25-16-14-22-20(24)21(3,18-8-6-5-7-9-18)23-19-12-10-17(2)11-13-19/h5-13,23H,4,14-16H2,1-3H3,(H,22,24). The quantitative estimate of drug-likeness (QED) is 0.682. The molecule has 4 heteroatoms. The Labute approximate surface area is 150 Å². The van der Waals surface area contributed by atoms with E-state index < -0.39 is 5.54 Å². The summed E-state index contributed by atoms with van der Waals surface area (Å²) >= 11 is 0. The lowest BCUT2D eigenvalue weighted by Gasteiger charge is -2.31. The summed E-state index contributed by atoms with van der Waals surface area (Å²) in [6, 6.07) is 17.8. The highest BCUT2D eigenvalue weighted by Gasteiger charge is 2.34. The lowest BCUT2D eigenvalue weighted by molar-refractivity contribution is -0.125. The molecule has 0 aliphatic carbocycles. The normalized spacial score (nSPS) is 13.1. The van der Waals surface area contributed by atoms with Gasteiger partial charge in [0.2, 0.25) is 5.91 Å². The van der Waals surface area contributed by atoms with E-state index >= 15 is 0 Å². The van der Waals surface area contributed by atoms with Crippen LogP contribution in [0.4, 0.5) is 5.69 Å². The molecular formula is C21H28N2O2. The van der Waals surface area contributed by atoms with Gasteiger partial charge >= 0.3 is 0 Å². The van der Waals surface area contributed by atoms with Crippen LogP contribution in [-0.2, 0) is 15.1 Å². The molecule has 0 aromatic heterocycles. The minimum atomic E-state index is -0.860. The Kier molecular flexibility index (Phi) is 7.02. The number of nitrogens with one attached hydrogen (secondary N) is 2. The van der Waals surface area contributed by atoms with Gasteiger partial charge in [-0.1, -0.05) is 55.0 Å². The number of aryl methyl sites for hydroxylation is 1. The van der Waals surface area contributed by atoms with E-state index in [-0.39, 0.29) is 5.91 Å². The van der Waals surface area contributed by atoms with Crippen LogP contribution in [0.2, 0.25) is 0 Å². The Morgan fingerprint density at radius 3 is 2.36 bits per heavy atom. The monoisotopic (exact) mass is 340 g/mol. The summed E-state index contributed by atoms with van der Waals surface area (Å²) < 4.78 is 5.45. The minimum Gasteiger partial charge on any atom is -0.380 e. The number of hydrogen-bond acceptors (Lipinski definition) is 3. The van der Waals surface area contributed by atoms with Crippen LogP contribution < -0.4 is 10.6 Å². The van der Waals surface area contributed by atoms with Gasteiger partial charge in [0.1, 0.15) is 5.54 Å². The average Bonchev–Trinajstić information content (AvgIpc) is 2.64. The molecule has 2 aromatic carbocycles. The van der Waals surface area contributed by atoms with Crippen LogP contribution in [0.25, 0.3) is 0 Å². The molecule has 2 aromatic rings. The van der Waals surface area contributed by atoms with Gasteiger partial charge in [-0.25, -0.2) is 0 Å². The van der Waals surface area contributed by atoms with Crippen molar-refractivity contribution in [3.63, 3.8) is 0 Å². The molecule has 0 saturated carbocycles. The third-order valence-electron chi connectivity index (χ3n) is 4.13. The predicted octanol–water partition coefficient (Wildman–Crippen LogP) is 3.87. The number of ether oxygens (including phenoxy) is 1. The highest BCUT2D eigenvalue weighted by Crippen LogP contribution is 2.26. The Morgan fingerprint density at radius 1 is 1.04 bits per heavy atom. The summed E-state index contributed by atoms with van der Waals surface area (Å²) in [6.45, 7) is 7.75. The van der Waals surface area contributed by atoms with E-state index in [1.165, 1.54) is 5.56 Å². The summed E-state index contributed by atoms with van der Waals surface area (Å²) in [4.78, 5) is 12.9. The fraction of sp³-hybridized carbons (Fsp3) is 0.381. The zero-order valence-electron chi connectivity index (χ0n) is 15.3. The van der Waals surface area contributed by atoms with E-state index in [0.29, 0.717) is 19.8 Å². The maximum atomic E-state index is 12.9. The van der Waals surface area contributed by atoms with Gasteiger partial charge in [0.25, 0.3) is 0 Å². The molecule has 25 heavy (non-hydrogen) atoms. The molecule has 2 N–H and O–H groups in total. The van der Waals surface area contributed by atoms with Gasteiger partial charge in [0, 0.05) is 18.8 Å². The van der Waals surface area contributed by atoms with Crippen LogP contribution in [0.3, 0.4) is 0 Å². The third kappa shape index (κ3) is 5.33. The number of benzene rings is 2. The first-order valence-electron chi connectivity index (χ1n) is 8.82. The molecule has 0 radical (unpaired) electrons. The Balaban J connectivity index is 2.14. The lowest BCUT2D eigenvalue weighted by Crippen LogP contribution is -2.48. The smallest absolute Gasteiger partial charge is 0.250 e. The lowest BCUT2D eigenvalue weighted by atomic mass is 9.90. The number of anilines is 1. The van der Waals surface area contributed by atoms with E-state index in [2.05, 4.69) is 17.6 Å². The predicted molar refractivity (Wildman–Crippen MR) is 103 cm³/mol. The maximum Gasteiger partial charge on any atom is 0.250 e. The zero-order chi connectivity index (χ0) is 18.1.